The Morgan fingerprint density at radius 3 is 2.83 bits per heavy atom. The van der Waals surface area contributed by atoms with Crippen LogP contribution in [0, 0.1) is 6.92 Å². The number of carbonyl (C=O) groups is 2. The molecule has 3 rings (SSSR count). The van der Waals surface area contributed by atoms with Crippen molar-refractivity contribution in [2.75, 3.05) is 20.7 Å². The molecule has 0 radical (unpaired) electrons. The minimum atomic E-state index is -0.342. The largest absolute Gasteiger partial charge is 0.468 e. The molecule has 0 N–H and O–H groups in total. The van der Waals surface area contributed by atoms with Crippen LogP contribution in [0.25, 0.3) is 10.9 Å². The van der Waals surface area contributed by atoms with Crippen molar-refractivity contribution < 1.29 is 14.3 Å². The standard InChI is InChI=1S/C18H22N2O3/c1-12-7-6-9-13-14-8-4-5-10-19(2)18(22)17(14)20(16(12)13)11-15(21)23-3/h6-7,9H,4-5,8,10-11H2,1-3H3. The van der Waals surface area contributed by atoms with E-state index in [4.69, 9.17) is 4.74 Å². The number of methoxy groups -OCH3 is 1. The van der Waals surface area contributed by atoms with Crippen LogP contribution in [-0.2, 0) is 22.5 Å². The number of nitrogens with zero attached hydrogens (tertiary/aromatic N) is 2. The zero-order valence-electron chi connectivity index (χ0n) is 13.9. The van der Waals surface area contributed by atoms with Crippen LogP contribution in [0.3, 0.4) is 0 Å². The van der Waals surface area contributed by atoms with Crippen molar-refractivity contribution >= 4 is 22.8 Å². The number of para-hydroxylation sites is 1. The maximum atomic E-state index is 12.9. The van der Waals surface area contributed by atoms with Crippen molar-refractivity contribution in [1.29, 1.82) is 0 Å². The fraction of sp³-hybridized carbons (Fsp3) is 0.444. The van der Waals surface area contributed by atoms with Crippen LogP contribution < -0.4 is 0 Å². The Balaban J connectivity index is 2.31. The Bertz CT molecular complexity index is 776. The molecule has 0 bridgehead atoms. The third-order valence-electron chi connectivity index (χ3n) is 4.62. The van der Waals surface area contributed by atoms with Gasteiger partial charge in [-0.05, 0) is 37.3 Å². The molecule has 1 aromatic heterocycles. The van der Waals surface area contributed by atoms with Gasteiger partial charge in [0.15, 0.2) is 0 Å². The van der Waals surface area contributed by atoms with Crippen LogP contribution in [-0.4, -0.2) is 42.0 Å². The first-order chi connectivity index (χ1) is 11.0. The highest BCUT2D eigenvalue weighted by atomic mass is 16.5. The number of rotatable bonds is 2. The summed E-state index contributed by atoms with van der Waals surface area (Å²) in [5.41, 5.74) is 3.73. The number of amides is 1. The number of benzene rings is 1. The first kappa shape index (κ1) is 15.6. The maximum absolute atomic E-state index is 12.9. The Labute approximate surface area is 135 Å². The third kappa shape index (κ3) is 2.60. The van der Waals surface area contributed by atoms with E-state index in [1.54, 1.807) is 4.90 Å². The Kier molecular flexibility index (Phi) is 4.11. The van der Waals surface area contributed by atoms with Crippen molar-refractivity contribution in [2.45, 2.75) is 32.7 Å². The third-order valence-corrected chi connectivity index (χ3v) is 4.62. The normalized spacial score (nSPS) is 15.3. The molecule has 5 heteroatoms. The molecule has 5 nitrogen and oxygen atoms in total. The van der Waals surface area contributed by atoms with E-state index in [2.05, 4.69) is 0 Å². The summed E-state index contributed by atoms with van der Waals surface area (Å²) < 4.78 is 6.68. The van der Waals surface area contributed by atoms with Crippen molar-refractivity contribution in [2.24, 2.45) is 0 Å². The highest BCUT2D eigenvalue weighted by Crippen LogP contribution is 2.32. The number of hydrogen-bond acceptors (Lipinski definition) is 3. The van der Waals surface area contributed by atoms with Gasteiger partial charge in [-0.1, -0.05) is 18.2 Å². The summed E-state index contributed by atoms with van der Waals surface area (Å²) in [6.45, 7) is 2.82. The van der Waals surface area contributed by atoms with Crippen molar-refractivity contribution in [3.8, 4) is 0 Å². The quantitative estimate of drug-likeness (QED) is 0.800. The lowest BCUT2D eigenvalue weighted by atomic mass is 10.0. The summed E-state index contributed by atoms with van der Waals surface area (Å²) in [5, 5.41) is 1.08. The molecule has 122 valence electrons. The molecule has 2 aromatic rings. The molecule has 0 fully saturated rings. The maximum Gasteiger partial charge on any atom is 0.325 e. The number of carbonyl (C=O) groups excluding carboxylic acids is 2. The van der Waals surface area contributed by atoms with Gasteiger partial charge >= 0.3 is 5.97 Å². The van der Waals surface area contributed by atoms with Crippen molar-refractivity contribution in [3.05, 3.63) is 35.0 Å². The SMILES string of the molecule is COC(=O)Cn1c2c(c3cccc(C)c31)CCCCN(C)C2=O. The average molecular weight is 314 g/mol. The molecule has 0 atom stereocenters. The van der Waals surface area contributed by atoms with E-state index in [0.29, 0.717) is 5.69 Å². The second-order valence-corrected chi connectivity index (χ2v) is 6.14. The highest BCUT2D eigenvalue weighted by molar-refractivity contribution is 6.03. The van der Waals surface area contributed by atoms with Crippen LogP contribution >= 0.6 is 0 Å². The van der Waals surface area contributed by atoms with Crippen LogP contribution in [0.4, 0.5) is 0 Å². The van der Waals surface area contributed by atoms with E-state index >= 15 is 0 Å². The van der Waals surface area contributed by atoms with Gasteiger partial charge in [-0.15, -0.1) is 0 Å². The summed E-state index contributed by atoms with van der Waals surface area (Å²) >= 11 is 0. The molecule has 1 amide bonds. The monoisotopic (exact) mass is 314 g/mol. The lowest BCUT2D eigenvalue weighted by Crippen LogP contribution is -2.32. The lowest BCUT2D eigenvalue weighted by Gasteiger charge is -2.22. The number of hydrogen-bond donors (Lipinski definition) is 0. The summed E-state index contributed by atoms with van der Waals surface area (Å²) in [7, 11) is 3.20. The zero-order valence-corrected chi connectivity index (χ0v) is 13.9. The van der Waals surface area contributed by atoms with E-state index in [-0.39, 0.29) is 18.4 Å². The molecule has 1 aromatic carbocycles. The van der Waals surface area contributed by atoms with Crippen LogP contribution in [0.5, 0.6) is 0 Å². The molecule has 2 heterocycles. The van der Waals surface area contributed by atoms with Crippen LogP contribution in [0.2, 0.25) is 0 Å². The van der Waals surface area contributed by atoms with Crippen LogP contribution in [0.15, 0.2) is 18.2 Å². The average Bonchev–Trinajstić information content (AvgIpc) is 2.83. The first-order valence-corrected chi connectivity index (χ1v) is 7.97. The van der Waals surface area contributed by atoms with Gasteiger partial charge in [0.25, 0.3) is 5.91 Å². The second-order valence-electron chi connectivity index (χ2n) is 6.14. The number of fused-ring (bicyclic) bond motifs is 3. The number of aromatic nitrogens is 1. The van der Waals surface area contributed by atoms with E-state index in [9.17, 15) is 9.59 Å². The van der Waals surface area contributed by atoms with Gasteiger partial charge in [0.05, 0.1) is 12.6 Å². The van der Waals surface area contributed by atoms with Crippen LogP contribution in [0.1, 0.15) is 34.5 Å². The molecular weight excluding hydrogens is 292 g/mol. The predicted molar refractivity (Wildman–Crippen MR) is 88.6 cm³/mol. The zero-order chi connectivity index (χ0) is 16.6. The Morgan fingerprint density at radius 2 is 2.09 bits per heavy atom. The summed E-state index contributed by atoms with van der Waals surface area (Å²) in [6, 6.07) is 6.06. The Morgan fingerprint density at radius 1 is 1.30 bits per heavy atom. The summed E-state index contributed by atoms with van der Waals surface area (Å²) in [4.78, 5) is 26.6. The molecule has 0 saturated heterocycles. The fourth-order valence-electron chi connectivity index (χ4n) is 3.45. The van der Waals surface area contributed by atoms with Gasteiger partial charge in [0.1, 0.15) is 12.2 Å². The van der Waals surface area contributed by atoms with Gasteiger partial charge < -0.3 is 14.2 Å². The Hall–Kier alpha value is -2.30. The smallest absolute Gasteiger partial charge is 0.325 e. The molecule has 0 unspecified atom stereocenters. The minimum Gasteiger partial charge on any atom is -0.468 e. The van der Waals surface area contributed by atoms with Gasteiger partial charge in [0, 0.05) is 19.0 Å². The number of ether oxygens (including phenoxy) is 1. The highest BCUT2D eigenvalue weighted by Gasteiger charge is 2.27. The second kappa shape index (κ2) is 6.07. The van der Waals surface area contributed by atoms with E-state index in [1.807, 2.05) is 36.7 Å². The summed E-state index contributed by atoms with van der Waals surface area (Å²) in [6.07, 6.45) is 2.90. The number of aryl methyl sites for hydroxylation is 2. The van der Waals surface area contributed by atoms with Gasteiger partial charge in [-0.3, -0.25) is 9.59 Å². The molecule has 0 saturated carbocycles. The molecule has 0 spiro atoms. The molecule has 1 aliphatic rings. The van der Waals surface area contributed by atoms with E-state index in [1.165, 1.54) is 7.11 Å². The molecule has 0 aliphatic carbocycles. The van der Waals surface area contributed by atoms with Gasteiger partial charge in [-0.25, -0.2) is 0 Å². The molecular formula is C18H22N2O3. The fourth-order valence-corrected chi connectivity index (χ4v) is 3.45. The first-order valence-electron chi connectivity index (χ1n) is 7.97. The minimum absolute atomic E-state index is 0.0146. The number of esters is 1. The van der Waals surface area contributed by atoms with Gasteiger partial charge in [-0.2, -0.15) is 0 Å². The molecule has 23 heavy (non-hydrogen) atoms. The summed E-state index contributed by atoms with van der Waals surface area (Å²) in [5.74, 6) is -0.357. The lowest BCUT2D eigenvalue weighted by molar-refractivity contribution is -0.141. The van der Waals surface area contributed by atoms with Crippen molar-refractivity contribution in [1.82, 2.24) is 9.47 Å². The molecule has 1 aliphatic heterocycles. The predicted octanol–water partition coefficient (Wildman–Crippen LogP) is 2.53. The van der Waals surface area contributed by atoms with E-state index < -0.39 is 0 Å². The topological polar surface area (TPSA) is 51.5 Å². The van der Waals surface area contributed by atoms with Gasteiger partial charge in [0.2, 0.25) is 0 Å². The van der Waals surface area contributed by atoms with E-state index in [0.717, 1.165) is 47.8 Å². The van der Waals surface area contributed by atoms with Crippen molar-refractivity contribution in [3.63, 3.8) is 0 Å².